The number of hydrogen-bond donors (Lipinski definition) is 0. The van der Waals surface area contributed by atoms with Crippen molar-refractivity contribution >= 4 is 5.91 Å². The number of carbonyl (C=O) groups excluding carboxylic acids is 1. The van der Waals surface area contributed by atoms with E-state index < -0.39 is 0 Å². The van der Waals surface area contributed by atoms with E-state index in [4.69, 9.17) is 4.74 Å². The van der Waals surface area contributed by atoms with E-state index in [9.17, 15) is 4.79 Å². The third-order valence-corrected chi connectivity index (χ3v) is 5.55. The van der Waals surface area contributed by atoms with E-state index in [1.807, 2.05) is 49.9 Å². The molecular formula is C25H28N4O2. The van der Waals surface area contributed by atoms with Crippen LogP contribution in [-0.2, 0) is 19.5 Å². The highest BCUT2D eigenvalue weighted by molar-refractivity contribution is 5.98. The Morgan fingerprint density at radius 3 is 2.71 bits per heavy atom. The number of aromatic nitrogens is 2. The first kappa shape index (κ1) is 21.0. The zero-order valence-corrected chi connectivity index (χ0v) is 17.9. The van der Waals surface area contributed by atoms with Gasteiger partial charge in [-0.05, 0) is 59.9 Å². The molecule has 3 heterocycles. The van der Waals surface area contributed by atoms with Crippen molar-refractivity contribution in [2.75, 3.05) is 26.7 Å². The number of pyridine rings is 2. The maximum Gasteiger partial charge on any atom is 0.254 e. The van der Waals surface area contributed by atoms with Crippen molar-refractivity contribution in [3.63, 3.8) is 0 Å². The van der Waals surface area contributed by atoms with Crippen molar-refractivity contribution < 1.29 is 9.53 Å². The molecule has 0 spiro atoms. The fourth-order valence-corrected chi connectivity index (χ4v) is 3.84. The Morgan fingerprint density at radius 2 is 1.90 bits per heavy atom. The summed E-state index contributed by atoms with van der Waals surface area (Å²) in [6.45, 7) is 4.04. The van der Waals surface area contributed by atoms with Gasteiger partial charge in [0.05, 0.1) is 6.61 Å². The number of carbonyl (C=O) groups is 1. The van der Waals surface area contributed by atoms with Crippen molar-refractivity contribution in [3.05, 3.63) is 89.5 Å². The quantitative estimate of drug-likeness (QED) is 0.473. The second-order valence-corrected chi connectivity index (χ2v) is 7.93. The predicted octanol–water partition coefficient (Wildman–Crippen LogP) is 3.58. The highest BCUT2D eigenvalue weighted by Gasteiger charge is 2.24. The molecule has 0 bridgehead atoms. The first-order valence-corrected chi connectivity index (χ1v) is 10.7. The van der Waals surface area contributed by atoms with Crippen molar-refractivity contribution in [1.29, 1.82) is 0 Å². The lowest BCUT2D eigenvalue weighted by atomic mass is 10.1. The largest absolute Gasteiger partial charge is 0.494 e. The fraction of sp³-hybridized carbons (Fsp3) is 0.320. The van der Waals surface area contributed by atoms with Gasteiger partial charge in [0.25, 0.3) is 5.91 Å². The minimum atomic E-state index is 0.0689. The van der Waals surface area contributed by atoms with Crippen molar-refractivity contribution in [3.8, 4) is 5.75 Å². The summed E-state index contributed by atoms with van der Waals surface area (Å²) in [6.07, 6.45) is 9.28. The molecule has 31 heavy (non-hydrogen) atoms. The SMILES string of the molecule is CN1Cc2ccc(OCCCN(CCc3cccnc3)Cc3ccncc3)cc2C1=O. The Labute approximate surface area is 183 Å². The molecule has 6 nitrogen and oxygen atoms in total. The van der Waals surface area contributed by atoms with Crippen LogP contribution in [0.5, 0.6) is 5.75 Å². The van der Waals surface area contributed by atoms with E-state index in [-0.39, 0.29) is 5.91 Å². The highest BCUT2D eigenvalue weighted by atomic mass is 16.5. The van der Waals surface area contributed by atoms with Crippen molar-refractivity contribution in [2.45, 2.75) is 25.9 Å². The topological polar surface area (TPSA) is 58.6 Å². The van der Waals surface area contributed by atoms with Crippen LogP contribution in [0.3, 0.4) is 0 Å². The molecule has 4 rings (SSSR count). The van der Waals surface area contributed by atoms with Crippen molar-refractivity contribution in [2.24, 2.45) is 0 Å². The Hall–Kier alpha value is -3.25. The van der Waals surface area contributed by atoms with E-state index in [0.717, 1.165) is 49.4 Å². The number of amides is 1. The van der Waals surface area contributed by atoms with Crippen LogP contribution in [-0.4, -0.2) is 52.4 Å². The minimum Gasteiger partial charge on any atom is -0.494 e. The molecule has 0 radical (unpaired) electrons. The molecule has 1 aliphatic heterocycles. The number of fused-ring (bicyclic) bond motifs is 1. The van der Waals surface area contributed by atoms with Crippen LogP contribution in [0.2, 0.25) is 0 Å². The van der Waals surface area contributed by atoms with Crippen LogP contribution < -0.4 is 4.74 Å². The molecule has 0 aliphatic carbocycles. The summed E-state index contributed by atoms with van der Waals surface area (Å²) in [7, 11) is 1.83. The predicted molar refractivity (Wildman–Crippen MR) is 120 cm³/mol. The molecule has 3 aromatic rings. The lowest BCUT2D eigenvalue weighted by Gasteiger charge is -2.22. The Kier molecular flexibility index (Phi) is 6.89. The lowest BCUT2D eigenvalue weighted by molar-refractivity contribution is 0.0816. The molecule has 0 atom stereocenters. The van der Waals surface area contributed by atoms with Crippen LogP contribution in [0.1, 0.15) is 33.5 Å². The van der Waals surface area contributed by atoms with Gasteiger partial charge in [0.1, 0.15) is 5.75 Å². The monoisotopic (exact) mass is 416 g/mol. The molecule has 0 saturated carbocycles. The Morgan fingerprint density at radius 1 is 1.03 bits per heavy atom. The molecule has 2 aromatic heterocycles. The molecule has 0 fully saturated rings. The summed E-state index contributed by atoms with van der Waals surface area (Å²) in [5.41, 5.74) is 4.32. The summed E-state index contributed by atoms with van der Waals surface area (Å²) in [5.74, 6) is 0.831. The van der Waals surface area contributed by atoms with E-state index in [1.54, 1.807) is 11.1 Å². The second kappa shape index (κ2) is 10.2. The van der Waals surface area contributed by atoms with Gasteiger partial charge in [-0.25, -0.2) is 0 Å². The number of rotatable bonds is 10. The van der Waals surface area contributed by atoms with Gasteiger partial charge in [0, 0.05) is 63.6 Å². The lowest BCUT2D eigenvalue weighted by Crippen LogP contribution is -2.28. The minimum absolute atomic E-state index is 0.0689. The average Bonchev–Trinajstić information content (AvgIpc) is 3.09. The number of nitrogens with zero attached hydrogens (tertiary/aromatic N) is 4. The zero-order chi connectivity index (χ0) is 21.5. The maximum absolute atomic E-state index is 12.2. The molecule has 0 N–H and O–H groups in total. The van der Waals surface area contributed by atoms with Gasteiger partial charge in [0.2, 0.25) is 0 Å². The molecular weight excluding hydrogens is 388 g/mol. The molecule has 0 unspecified atom stereocenters. The standard InChI is InChI=1S/C25H28N4O2/c1-28-19-22-5-6-23(16-24(22)25(28)30)31-15-3-13-29(18-21-7-11-26-12-8-21)14-9-20-4-2-10-27-17-20/h2,4-8,10-12,16-17H,3,9,13-15,18-19H2,1H3. The smallest absolute Gasteiger partial charge is 0.254 e. The second-order valence-electron chi connectivity index (χ2n) is 7.93. The van der Waals surface area contributed by atoms with Crippen molar-refractivity contribution in [1.82, 2.24) is 19.8 Å². The highest BCUT2D eigenvalue weighted by Crippen LogP contribution is 2.25. The third kappa shape index (κ3) is 5.67. The van der Waals surface area contributed by atoms with Gasteiger partial charge in [-0.15, -0.1) is 0 Å². The summed E-state index contributed by atoms with van der Waals surface area (Å²) < 4.78 is 5.96. The first-order valence-electron chi connectivity index (χ1n) is 10.7. The van der Waals surface area contributed by atoms with E-state index in [1.165, 1.54) is 11.1 Å². The third-order valence-electron chi connectivity index (χ3n) is 5.55. The fourth-order valence-electron chi connectivity index (χ4n) is 3.84. The summed E-state index contributed by atoms with van der Waals surface area (Å²) in [6, 6.07) is 14.1. The maximum atomic E-state index is 12.2. The zero-order valence-electron chi connectivity index (χ0n) is 17.9. The van der Waals surface area contributed by atoms with E-state index in [2.05, 4.69) is 33.1 Å². The number of ether oxygens (including phenoxy) is 1. The van der Waals surface area contributed by atoms with Gasteiger partial charge in [-0.1, -0.05) is 12.1 Å². The first-order chi connectivity index (χ1) is 15.2. The number of hydrogen-bond acceptors (Lipinski definition) is 5. The molecule has 160 valence electrons. The Balaban J connectivity index is 1.30. The van der Waals surface area contributed by atoms with Gasteiger partial charge < -0.3 is 9.64 Å². The summed E-state index contributed by atoms with van der Waals surface area (Å²) in [4.78, 5) is 24.7. The van der Waals surface area contributed by atoms with Crippen LogP contribution >= 0.6 is 0 Å². The molecule has 0 saturated heterocycles. The normalized spacial score (nSPS) is 13.0. The number of benzene rings is 1. The molecule has 1 aromatic carbocycles. The van der Waals surface area contributed by atoms with Crippen LogP contribution in [0.15, 0.2) is 67.3 Å². The molecule has 1 aliphatic rings. The Bertz CT molecular complexity index is 995. The van der Waals surface area contributed by atoms with E-state index >= 15 is 0 Å². The van der Waals surface area contributed by atoms with Crippen LogP contribution in [0.25, 0.3) is 0 Å². The molecule has 1 amide bonds. The van der Waals surface area contributed by atoms with E-state index in [0.29, 0.717) is 13.2 Å². The van der Waals surface area contributed by atoms with Gasteiger partial charge >= 0.3 is 0 Å². The summed E-state index contributed by atoms with van der Waals surface area (Å²) in [5, 5.41) is 0. The average molecular weight is 417 g/mol. The van der Waals surface area contributed by atoms with Crippen LogP contribution in [0, 0.1) is 0 Å². The molecule has 6 heteroatoms. The summed E-state index contributed by atoms with van der Waals surface area (Å²) >= 11 is 0. The van der Waals surface area contributed by atoms with Crippen LogP contribution in [0.4, 0.5) is 0 Å². The van der Waals surface area contributed by atoms with Gasteiger partial charge in [-0.3, -0.25) is 19.7 Å². The van der Waals surface area contributed by atoms with Gasteiger partial charge in [0.15, 0.2) is 0 Å². The van der Waals surface area contributed by atoms with Gasteiger partial charge in [-0.2, -0.15) is 0 Å².